The van der Waals surface area contributed by atoms with Crippen molar-refractivity contribution in [3.63, 3.8) is 0 Å². The molecule has 0 bridgehead atoms. The van der Waals surface area contributed by atoms with Gasteiger partial charge in [0.2, 0.25) is 0 Å². The SMILES string of the molecule is COCCn1ccc(C(=O)N2CC3(C[C@@H](OCc4cncc(C)c4)CCO3)C2)n1. The molecule has 29 heavy (non-hydrogen) atoms. The smallest absolute Gasteiger partial charge is 0.274 e. The molecule has 1 amide bonds. The Labute approximate surface area is 170 Å². The number of methoxy groups -OCH3 is 1. The van der Waals surface area contributed by atoms with Crippen molar-refractivity contribution < 1.29 is 19.0 Å². The van der Waals surface area contributed by atoms with Crippen LogP contribution in [-0.4, -0.2) is 70.7 Å². The molecule has 8 nitrogen and oxygen atoms in total. The van der Waals surface area contributed by atoms with Crippen LogP contribution in [0.3, 0.4) is 0 Å². The van der Waals surface area contributed by atoms with E-state index in [2.05, 4.69) is 16.1 Å². The van der Waals surface area contributed by atoms with Crippen LogP contribution in [0, 0.1) is 6.92 Å². The average molecular weight is 400 g/mol. The molecule has 2 fully saturated rings. The Kier molecular flexibility index (Phi) is 5.94. The maximum atomic E-state index is 12.7. The molecule has 2 saturated heterocycles. The second kappa shape index (κ2) is 8.61. The second-order valence-electron chi connectivity index (χ2n) is 7.95. The predicted molar refractivity (Wildman–Crippen MR) is 105 cm³/mol. The third-order valence-electron chi connectivity index (χ3n) is 5.49. The zero-order valence-corrected chi connectivity index (χ0v) is 17.0. The fourth-order valence-electron chi connectivity index (χ4n) is 4.00. The Hall–Kier alpha value is -2.29. The molecule has 2 aliphatic heterocycles. The molecular formula is C21H28N4O4. The third-order valence-corrected chi connectivity index (χ3v) is 5.49. The number of pyridine rings is 1. The first-order chi connectivity index (χ1) is 14.1. The Morgan fingerprint density at radius 1 is 1.38 bits per heavy atom. The van der Waals surface area contributed by atoms with Gasteiger partial charge in [-0.15, -0.1) is 0 Å². The first kappa shape index (κ1) is 20.0. The number of aromatic nitrogens is 3. The van der Waals surface area contributed by atoms with E-state index < -0.39 is 0 Å². The van der Waals surface area contributed by atoms with Gasteiger partial charge >= 0.3 is 0 Å². The fraction of sp³-hybridized carbons (Fsp3) is 0.571. The van der Waals surface area contributed by atoms with Gasteiger partial charge in [-0.1, -0.05) is 6.07 Å². The summed E-state index contributed by atoms with van der Waals surface area (Å²) < 4.78 is 19.0. The molecule has 2 aliphatic rings. The molecule has 8 heteroatoms. The number of hydrogen-bond donors (Lipinski definition) is 0. The lowest BCUT2D eigenvalue weighted by atomic mass is 9.84. The molecule has 0 aromatic carbocycles. The molecule has 2 aromatic heterocycles. The number of carbonyl (C=O) groups is 1. The zero-order chi connectivity index (χ0) is 20.3. The van der Waals surface area contributed by atoms with Crippen molar-refractivity contribution in [2.75, 3.05) is 33.4 Å². The number of hydrogen-bond acceptors (Lipinski definition) is 6. The standard InChI is InChI=1S/C21H28N4O4/c1-16-9-17(12-22-11-16)13-28-18-4-7-29-21(10-18)14-24(15-21)20(26)19-3-5-25(23-19)6-8-27-2/h3,5,9,11-12,18H,4,6-8,10,13-15H2,1-2H3/t18-/m0/s1. The zero-order valence-electron chi connectivity index (χ0n) is 17.0. The number of rotatable bonds is 7. The van der Waals surface area contributed by atoms with Crippen molar-refractivity contribution in [3.8, 4) is 0 Å². The van der Waals surface area contributed by atoms with Gasteiger partial charge in [-0.05, 0) is 30.5 Å². The second-order valence-corrected chi connectivity index (χ2v) is 7.95. The lowest BCUT2D eigenvalue weighted by Crippen LogP contribution is -2.67. The highest BCUT2D eigenvalue weighted by Gasteiger charge is 2.50. The largest absolute Gasteiger partial charge is 0.383 e. The van der Waals surface area contributed by atoms with E-state index in [0.29, 0.717) is 45.1 Å². The molecular weight excluding hydrogens is 372 g/mol. The predicted octanol–water partition coefficient (Wildman–Crippen LogP) is 1.82. The first-order valence-electron chi connectivity index (χ1n) is 10.0. The topological polar surface area (TPSA) is 78.7 Å². The minimum Gasteiger partial charge on any atom is -0.383 e. The summed E-state index contributed by atoms with van der Waals surface area (Å²) in [5.74, 6) is -0.0516. The van der Waals surface area contributed by atoms with E-state index in [4.69, 9.17) is 14.2 Å². The maximum Gasteiger partial charge on any atom is 0.274 e. The van der Waals surface area contributed by atoms with Gasteiger partial charge in [-0.25, -0.2) is 0 Å². The van der Waals surface area contributed by atoms with Crippen molar-refractivity contribution in [3.05, 3.63) is 47.5 Å². The molecule has 0 radical (unpaired) electrons. The first-order valence-corrected chi connectivity index (χ1v) is 10.0. The Morgan fingerprint density at radius 3 is 3.03 bits per heavy atom. The van der Waals surface area contributed by atoms with Crippen molar-refractivity contribution in [2.45, 2.75) is 44.6 Å². The molecule has 1 spiro atoms. The Morgan fingerprint density at radius 2 is 2.24 bits per heavy atom. The highest BCUT2D eigenvalue weighted by molar-refractivity contribution is 5.93. The van der Waals surface area contributed by atoms with Gasteiger partial charge in [0.1, 0.15) is 11.3 Å². The van der Waals surface area contributed by atoms with Crippen molar-refractivity contribution in [1.29, 1.82) is 0 Å². The molecule has 156 valence electrons. The summed E-state index contributed by atoms with van der Waals surface area (Å²) in [7, 11) is 1.65. The lowest BCUT2D eigenvalue weighted by Gasteiger charge is -2.52. The summed E-state index contributed by atoms with van der Waals surface area (Å²) in [6.07, 6.45) is 7.31. The number of likely N-dealkylation sites (tertiary alicyclic amines) is 1. The van der Waals surface area contributed by atoms with Gasteiger partial charge < -0.3 is 19.1 Å². The summed E-state index contributed by atoms with van der Waals surface area (Å²) >= 11 is 0. The van der Waals surface area contributed by atoms with Gasteiger partial charge in [0.15, 0.2) is 0 Å². The van der Waals surface area contributed by atoms with Gasteiger partial charge in [-0.2, -0.15) is 5.10 Å². The van der Waals surface area contributed by atoms with Gasteiger partial charge in [0.05, 0.1) is 39.0 Å². The third kappa shape index (κ3) is 4.66. The van der Waals surface area contributed by atoms with Crippen LogP contribution >= 0.6 is 0 Å². The van der Waals surface area contributed by atoms with Crippen LogP contribution in [-0.2, 0) is 27.4 Å². The van der Waals surface area contributed by atoms with E-state index in [1.807, 2.05) is 25.5 Å². The minimum absolute atomic E-state index is 0.0516. The average Bonchev–Trinajstić information content (AvgIpc) is 3.17. The van der Waals surface area contributed by atoms with Crippen LogP contribution in [0.1, 0.15) is 34.5 Å². The number of ether oxygens (including phenoxy) is 3. The Bertz CT molecular complexity index is 847. The lowest BCUT2D eigenvalue weighted by molar-refractivity contribution is -0.188. The van der Waals surface area contributed by atoms with Crippen molar-refractivity contribution >= 4 is 5.91 Å². The summed E-state index contributed by atoms with van der Waals surface area (Å²) in [5.41, 5.74) is 2.39. The monoisotopic (exact) mass is 400 g/mol. The number of nitrogens with zero attached hydrogens (tertiary/aromatic N) is 4. The van der Waals surface area contributed by atoms with E-state index in [9.17, 15) is 4.79 Å². The summed E-state index contributed by atoms with van der Waals surface area (Å²) in [4.78, 5) is 18.7. The fourth-order valence-corrected chi connectivity index (χ4v) is 4.00. The van der Waals surface area contributed by atoms with Crippen LogP contribution in [0.5, 0.6) is 0 Å². The molecule has 0 saturated carbocycles. The van der Waals surface area contributed by atoms with E-state index in [1.165, 1.54) is 0 Å². The molecule has 4 heterocycles. The molecule has 0 unspecified atom stereocenters. The highest BCUT2D eigenvalue weighted by Crippen LogP contribution is 2.36. The van der Waals surface area contributed by atoms with E-state index >= 15 is 0 Å². The Balaban J connectivity index is 1.28. The van der Waals surface area contributed by atoms with Crippen LogP contribution in [0.2, 0.25) is 0 Å². The normalized spacial score (nSPS) is 20.6. The van der Waals surface area contributed by atoms with Gasteiger partial charge in [0, 0.05) is 38.7 Å². The molecule has 2 aromatic rings. The van der Waals surface area contributed by atoms with Gasteiger partial charge in [0.25, 0.3) is 5.91 Å². The molecule has 1 atom stereocenters. The van der Waals surface area contributed by atoms with E-state index in [-0.39, 0.29) is 17.6 Å². The van der Waals surface area contributed by atoms with Crippen molar-refractivity contribution in [2.24, 2.45) is 0 Å². The highest BCUT2D eigenvalue weighted by atomic mass is 16.5. The number of aryl methyl sites for hydroxylation is 1. The number of amides is 1. The minimum atomic E-state index is -0.290. The van der Waals surface area contributed by atoms with Crippen LogP contribution in [0.15, 0.2) is 30.7 Å². The summed E-state index contributed by atoms with van der Waals surface area (Å²) in [6, 6.07) is 3.85. The van der Waals surface area contributed by atoms with Crippen molar-refractivity contribution in [1.82, 2.24) is 19.7 Å². The van der Waals surface area contributed by atoms with Crippen LogP contribution < -0.4 is 0 Å². The van der Waals surface area contributed by atoms with Crippen LogP contribution in [0.4, 0.5) is 0 Å². The van der Waals surface area contributed by atoms with E-state index in [1.54, 1.807) is 22.8 Å². The molecule has 0 aliphatic carbocycles. The van der Waals surface area contributed by atoms with E-state index in [0.717, 1.165) is 24.0 Å². The maximum absolute atomic E-state index is 12.7. The molecule has 0 N–H and O–H groups in total. The quantitative estimate of drug-likeness (QED) is 0.706. The summed E-state index contributed by atoms with van der Waals surface area (Å²) in [5, 5.41) is 4.34. The van der Waals surface area contributed by atoms with Gasteiger partial charge in [-0.3, -0.25) is 14.5 Å². The summed E-state index contributed by atoms with van der Waals surface area (Å²) in [6.45, 7) is 5.61. The van der Waals surface area contributed by atoms with Crippen LogP contribution in [0.25, 0.3) is 0 Å². The number of carbonyl (C=O) groups excluding carboxylic acids is 1. The molecule has 4 rings (SSSR count).